The van der Waals surface area contributed by atoms with Gasteiger partial charge in [-0.1, -0.05) is 71.6 Å². The van der Waals surface area contributed by atoms with Gasteiger partial charge in [-0.15, -0.1) is 5.54 Å². The smallest absolute Gasteiger partial charge is 0.311 e. The lowest BCUT2D eigenvalue weighted by Crippen LogP contribution is -2.43. The molecule has 45 heavy (non-hydrogen) atoms. The molecule has 2 aromatic heterocycles. The Bertz CT molecular complexity index is 1850. The van der Waals surface area contributed by atoms with Crippen LogP contribution in [0.5, 0.6) is 0 Å². The first-order chi connectivity index (χ1) is 21.4. The molecule has 1 saturated carbocycles. The zero-order valence-electron chi connectivity index (χ0n) is 26.6. The van der Waals surface area contributed by atoms with Crippen LogP contribution in [0.3, 0.4) is 0 Å². The highest BCUT2D eigenvalue weighted by Crippen LogP contribution is 2.48. The van der Waals surface area contributed by atoms with E-state index < -0.39 is 32.2 Å². The van der Waals surface area contributed by atoms with Gasteiger partial charge in [-0.2, -0.15) is 14.4 Å². The van der Waals surface area contributed by atoms with Crippen molar-refractivity contribution in [3.63, 3.8) is 0 Å². The topological polar surface area (TPSA) is 67.9 Å². The van der Waals surface area contributed by atoms with Gasteiger partial charge in [0.2, 0.25) is 0 Å². The zero-order valence-corrected chi connectivity index (χ0v) is 28.3. The number of anilines is 2. The molecule has 2 N–H and O–H groups in total. The highest BCUT2D eigenvalue weighted by molar-refractivity contribution is 6.90. The third-order valence-electron chi connectivity index (χ3n) is 10.1. The Labute approximate surface area is 268 Å². The van der Waals surface area contributed by atoms with Crippen LogP contribution in [0.15, 0.2) is 30.5 Å². The second-order valence-corrected chi connectivity index (χ2v) is 19.5. The molecule has 0 bridgehead atoms. The Hall–Kier alpha value is -3.35. The summed E-state index contributed by atoms with van der Waals surface area (Å²) in [7, 11) is -2.14. The van der Waals surface area contributed by atoms with Gasteiger partial charge in [0.1, 0.15) is 31.3 Å². The summed E-state index contributed by atoms with van der Waals surface area (Å²) in [6.07, 6.45) is 1.84. The average Bonchev–Trinajstić information content (AvgIpc) is 3.67. The number of nitrogen functional groups attached to an aromatic ring is 1. The first-order valence-electron chi connectivity index (χ1n) is 15.8. The lowest BCUT2D eigenvalue weighted by atomic mass is 9.95. The van der Waals surface area contributed by atoms with Crippen molar-refractivity contribution in [1.82, 2.24) is 15.0 Å². The molecule has 0 radical (unpaired) electrons. The predicted octanol–water partition coefficient (Wildman–Crippen LogP) is 9.26. The summed E-state index contributed by atoms with van der Waals surface area (Å²) in [4.78, 5) is 14.2. The molecule has 2 aromatic carbocycles. The van der Waals surface area contributed by atoms with Gasteiger partial charge in [-0.3, -0.25) is 4.98 Å². The van der Waals surface area contributed by atoms with Crippen LogP contribution in [0.2, 0.25) is 21.6 Å². The normalized spacial score (nSPS) is 20.1. The molecular weight excluding hydrogens is 611 g/mol. The quantitative estimate of drug-likeness (QED) is 0.101. The van der Waals surface area contributed by atoms with Crippen molar-refractivity contribution < 1.29 is 13.2 Å². The van der Waals surface area contributed by atoms with Crippen molar-refractivity contribution in [3.8, 4) is 22.7 Å². The maximum atomic E-state index is 16.6. The SMILES string of the molecule is CC(C)[Si](C#Cc1c(Cl)ccc2cc(N)cc(-c3ncc4c(N5CCCC[C@H]6[C@H](F)[C@H]65)nc(F)nc4c3F)c12)(C(C)C)C(C)C. The van der Waals surface area contributed by atoms with Gasteiger partial charge in [-0.25, -0.2) is 8.78 Å². The maximum absolute atomic E-state index is 16.6. The van der Waals surface area contributed by atoms with Crippen LogP contribution in [-0.2, 0) is 0 Å². The molecule has 4 aromatic rings. The third-order valence-corrected chi connectivity index (χ3v) is 16.7. The van der Waals surface area contributed by atoms with Gasteiger partial charge in [-0.05, 0) is 53.1 Å². The van der Waals surface area contributed by atoms with Crippen LogP contribution in [0, 0.1) is 29.3 Å². The van der Waals surface area contributed by atoms with E-state index in [0.717, 1.165) is 24.6 Å². The van der Waals surface area contributed by atoms with Gasteiger partial charge in [0.15, 0.2) is 5.82 Å². The number of hydrogen-bond donors (Lipinski definition) is 1. The van der Waals surface area contributed by atoms with E-state index in [4.69, 9.17) is 17.3 Å². The van der Waals surface area contributed by atoms with Crippen LogP contribution in [0.4, 0.5) is 24.7 Å². The number of alkyl halides is 1. The zero-order chi connectivity index (χ0) is 32.4. The third kappa shape index (κ3) is 5.24. The van der Waals surface area contributed by atoms with Crippen LogP contribution in [-0.4, -0.2) is 41.8 Å². The Morgan fingerprint density at radius 3 is 2.42 bits per heavy atom. The average molecular weight is 650 g/mol. The number of rotatable bonds is 5. The highest BCUT2D eigenvalue weighted by atomic mass is 35.5. The first-order valence-corrected chi connectivity index (χ1v) is 18.5. The Kier molecular flexibility index (Phi) is 8.28. The lowest BCUT2D eigenvalue weighted by molar-refractivity contribution is 0.419. The van der Waals surface area contributed by atoms with Crippen LogP contribution < -0.4 is 10.6 Å². The molecular formula is C35H39ClF3N5Si. The molecule has 236 valence electrons. The minimum absolute atomic E-state index is 0.0437. The summed E-state index contributed by atoms with van der Waals surface area (Å²) in [6.45, 7) is 13.9. The summed E-state index contributed by atoms with van der Waals surface area (Å²) >= 11 is 6.84. The molecule has 1 aliphatic heterocycles. The fraction of sp³-hybridized carbons (Fsp3) is 0.457. The number of fused-ring (bicyclic) bond motifs is 3. The predicted molar refractivity (Wildman–Crippen MR) is 181 cm³/mol. The molecule has 3 atom stereocenters. The van der Waals surface area contributed by atoms with Gasteiger partial charge in [0.25, 0.3) is 0 Å². The molecule has 6 rings (SSSR count). The van der Waals surface area contributed by atoms with Crippen molar-refractivity contribution >= 4 is 52.9 Å². The fourth-order valence-corrected chi connectivity index (χ4v) is 13.3. The van der Waals surface area contributed by atoms with E-state index in [1.807, 2.05) is 6.07 Å². The van der Waals surface area contributed by atoms with E-state index in [1.54, 1.807) is 23.1 Å². The van der Waals surface area contributed by atoms with E-state index in [-0.39, 0.29) is 28.3 Å². The fourth-order valence-electron chi connectivity index (χ4n) is 7.90. The summed E-state index contributed by atoms with van der Waals surface area (Å²) < 4.78 is 46.3. The minimum atomic E-state index is -2.14. The van der Waals surface area contributed by atoms with E-state index in [0.29, 0.717) is 50.4 Å². The standard InChI is InChI=1S/C35H39ClF3N5Si/c1-18(2)45(19(3)4,20(5)6)14-12-23-27(36)11-10-21-15-22(40)16-25(28(21)23)31-30(38)32-26(17-41-31)34(43-35(39)42-32)44-13-8-7-9-24-29(37)33(24)44/h10-11,15-20,24,29,33H,7-9,13,40H2,1-6H3/t24-,29-,33-/m0/s1. The van der Waals surface area contributed by atoms with Gasteiger partial charge >= 0.3 is 6.08 Å². The molecule has 0 amide bonds. The van der Waals surface area contributed by atoms with Crippen molar-refractivity contribution in [2.75, 3.05) is 17.2 Å². The number of nitrogens with zero attached hydrogens (tertiary/aromatic N) is 4. The largest absolute Gasteiger partial charge is 0.399 e. The first kappa shape index (κ1) is 31.6. The maximum Gasteiger partial charge on any atom is 0.311 e. The summed E-state index contributed by atoms with van der Waals surface area (Å²) in [6, 6.07) is 6.67. The highest BCUT2D eigenvalue weighted by Gasteiger charge is 2.55. The molecule has 1 saturated heterocycles. The number of benzene rings is 2. The lowest BCUT2D eigenvalue weighted by Gasteiger charge is -2.38. The van der Waals surface area contributed by atoms with Crippen molar-refractivity contribution in [2.45, 2.75) is 89.6 Å². The van der Waals surface area contributed by atoms with Crippen molar-refractivity contribution in [1.29, 1.82) is 0 Å². The number of nitrogens with two attached hydrogens (primary N) is 1. The number of aromatic nitrogens is 3. The van der Waals surface area contributed by atoms with Gasteiger partial charge in [0.05, 0.1) is 22.0 Å². The molecule has 2 aliphatic rings. The minimum Gasteiger partial charge on any atom is -0.399 e. The van der Waals surface area contributed by atoms with E-state index in [1.165, 1.54) is 6.20 Å². The monoisotopic (exact) mass is 649 g/mol. The number of halogens is 4. The van der Waals surface area contributed by atoms with Crippen molar-refractivity contribution in [2.24, 2.45) is 5.92 Å². The molecule has 1 aliphatic carbocycles. The Morgan fingerprint density at radius 1 is 1.02 bits per heavy atom. The van der Waals surface area contributed by atoms with Crippen LogP contribution in [0.25, 0.3) is 32.9 Å². The Balaban J connectivity index is 1.58. The van der Waals surface area contributed by atoms with E-state index in [9.17, 15) is 8.78 Å². The number of hydrogen-bond acceptors (Lipinski definition) is 5. The van der Waals surface area contributed by atoms with Crippen molar-refractivity contribution in [3.05, 3.63) is 52.9 Å². The van der Waals surface area contributed by atoms with E-state index >= 15 is 4.39 Å². The molecule has 0 unspecified atom stereocenters. The van der Waals surface area contributed by atoms with Gasteiger partial charge < -0.3 is 10.6 Å². The van der Waals surface area contributed by atoms with Crippen LogP contribution in [0.1, 0.15) is 66.4 Å². The molecule has 0 spiro atoms. The molecule has 2 fully saturated rings. The molecule has 3 heterocycles. The number of pyridine rings is 1. The summed E-state index contributed by atoms with van der Waals surface area (Å²) in [5, 5.41) is 2.04. The van der Waals surface area contributed by atoms with Gasteiger partial charge in [0, 0.05) is 35.3 Å². The van der Waals surface area contributed by atoms with Crippen LogP contribution >= 0.6 is 11.6 Å². The molecule has 5 nitrogen and oxygen atoms in total. The second kappa shape index (κ2) is 11.8. The summed E-state index contributed by atoms with van der Waals surface area (Å²) in [5.74, 6) is 2.72. The summed E-state index contributed by atoms with van der Waals surface area (Å²) in [5.41, 5.74) is 12.4. The second-order valence-electron chi connectivity index (χ2n) is 13.5. The Morgan fingerprint density at radius 2 is 1.73 bits per heavy atom. The molecule has 10 heteroatoms. The van der Waals surface area contributed by atoms with E-state index in [2.05, 4.69) is 68.0 Å².